The number of thiazole rings is 1. The average Bonchev–Trinajstić information content (AvgIpc) is 2.60. The van der Waals surface area contributed by atoms with Crippen LogP contribution in [0.4, 0.5) is 24.6 Å². The number of hydrogen-bond donors (Lipinski definition) is 2. The highest BCUT2D eigenvalue weighted by atomic mass is 32.1. The Hall–Kier alpha value is -1.69. The van der Waals surface area contributed by atoms with E-state index in [4.69, 9.17) is 5.73 Å². The van der Waals surface area contributed by atoms with Gasteiger partial charge in [-0.2, -0.15) is 0 Å². The highest BCUT2D eigenvalue weighted by Gasteiger charge is 2.08. The van der Waals surface area contributed by atoms with Crippen molar-refractivity contribution in [2.45, 2.75) is 6.92 Å². The van der Waals surface area contributed by atoms with Crippen LogP contribution in [-0.4, -0.2) is 4.98 Å². The first kappa shape index (κ1) is 10.8. The van der Waals surface area contributed by atoms with E-state index in [0.717, 1.165) is 12.1 Å². The van der Waals surface area contributed by atoms with Crippen LogP contribution in [0.5, 0.6) is 0 Å². The van der Waals surface area contributed by atoms with Crippen molar-refractivity contribution in [2.24, 2.45) is 0 Å². The minimum absolute atomic E-state index is 0.0532. The lowest BCUT2D eigenvalue weighted by molar-refractivity contribution is 0.595. The number of halogens is 2. The third-order valence-electron chi connectivity index (χ3n) is 2.01. The minimum Gasteiger partial charge on any atom is -0.389 e. The van der Waals surface area contributed by atoms with Crippen LogP contribution >= 0.6 is 11.3 Å². The van der Waals surface area contributed by atoms with Gasteiger partial charge < -0.3 is 11.1 Å². The molecule has 1 heterocycles. The summed E-state index contributed by atoms with van der Waals surface area (Å²) in [6, 6.07) is 2.23. The summed E-state index contributed by atoms with van der Waals surface area (Å²) in [5.41, 5.74) is 5.79. The summed E-state index contributed by atoms with van der Waals surface area (Å²) in [6.45, 7) is 1.50. The van der Waals surface area contributed by atoms with Gasteiger partial charge in [-0.3, -0.25) is 0 Å². The highest BCUT2D eigenvalue weighted by molar-refractivity contribution is 7.19. The number of aromatic nitrogens is 1. The van der Waals surface area contributed by atoms with Crippen molar-refractivity contribution in [1.29, 1.82) is 0 Å². The SMILES string of the molecule is Cc1cc(F)c(Nc2ncc(N)s2)cc1F. The molecule has 1 aromatic heterocycles. The van der Waals surface area contributed by atoms with Crippen LogP contribution in [0.1, 0.15) is 5.56 Å². The van der Waals surface area contributed by atoms with Gasteiger partial charge in [0.15, 0.2) is 5.13 Å². The van der Waals surface area contributed by atoms with Crippen molar-refractivity contribution < 1.29 is 8.78 Å². The molecular weight excluding hydrogens is 232 g/mol. The number of nitrogens with one attached hydrogen (secondary N) is 1. The maximum Gasteiger partial charge on any atom is 0.189 e. The third kappa shape index (κ3) is 2.11. The quantitative estimate of drug-likeness (QED) is 0.849. The van der Waals surface area contributed by atoms with Crippen LogP contribution in [0.15, 0.2) is 18.3 Å². The number of rotatable bonds is 2. The van der Waals surface area contributed by atoms with Crippen molar-refractivity contribution >= 4 is 27.2 Å². The molecule has 0 aliphatic rings. The number of hydrogen-bond acceptors (Lipinski definition) is 4. The summed E-state index contributed by atoms with van der Waals surface area (Å²) in [7, 11) is 0. The number of nitrogens with two attached hydrogens (primary N) is 1. The van der Waals surface area contributed by atoms with Crippen molar-refractivity contribution in [2.75, 3.05) is 11.1 Å². The predicted molar refractivity (Wildman–Crippen MR) is 60.9 cm³/mol. The van der Waals surface area contributed by atoms with E-state index in [1.165, 1.54) is 24.5 Å². The topological polar surface area (TPSA) is 50.9 Å². The second-order valence-electron chi connectivity index (χ2n) is 3.27. The number of nitrogens with zero attached hydrogens (tertiary/aromatic N) is 1. The molecule has 84 valence electrons. The lowest BCUT2D eigenvalue weighted by Gasteiger charge is -2.05. The second kappa shape index (κ2) is 4.05. The predicted octanol–water partition coefficient (Wildman–Crippen LogP) is 3.06. The van der Waals surface area contributed by atoms with Gasteiger partial charge >= 0.3 is 0 Å². The Kier molecular flexibility index (Phi) is 2.74. The molecule has 0 saturated heterocycles. The Morgan fingerprint density at radius 1 is 1.31 bits per heavy atom. The van der Waals surface area contributed by atoms with Gasteiger partial charge in [0, 0.05) is 6.07 Å². The Morgan fingerprint density at radius 3 is 2.69 bits per heavy atom. The minimum atomic E-state index is -0.521. The van der Waals surface area contributed by atoms with E-state index in [-0.39, 0.29) is 11.3 Å². The molecule has 0 aliphatic heterocycles. The first-order valence-electron chi connectivity index (χ1n) is 4.50. The summed E-state index contributed by atoms with van der Waals surface area (Å²) >= 11 is 1.17. The van der Waals surface area contributed by atoms with Gasteiger partial charge in [-0.15, -0.1) is 0 Å². The molecule has 0 spiro atoms. The van der Waals surface area contributed by atoms with E-state index in [1.807, 2.05) is 0 Å². The van der Waals surface area contributed by atoms with Gasteiger partial charge in [-0.25, -0.2) is 13.8 Å². The Bertz CT molecular complexity index is 525. The van der Waals surface area contributed by atoms with Gasteiger partial charge in [-0.1, -0.05) is 11.3 Å². The molecule has 1 aromatic carbocycles. The fourth-order valence-corrected chi connectivity index (χ4v) is 1.80. The fourth-order valence-electron chi connectivity index (χ4n) is 1.20. The fraction of sp³-hybridized carbons (Fsp3) is 0.100. The van der Waals surface area contributed by atoms with Crippen molar-refractivity contribution in [1.82, 2.24) is 4.98 Å². The zero-order valence-electron chi connectivity index (χ0n) is 8.42. The van der Waals surface area contributed by atoms with Crippen molar-refractivity contribution in [3.05, 3.63) is 35.5 Å². The molecule has 3 nitrogen and oxygen atoms in total. The summed E-state index contributed by atoms with van der Waals surface area (Å²) in [5, 5.41) is 3.61. The molecule has 0 unspecified atom stereocenters. The molecule has 16 heavy (non-hydrogen) atoms. The maximum atomic E-state index is 13.4. The zero-order valence-corrected chi connectivity index (χ0v) is 9.24. The molecule has 0 bridgehead atoms. The van der Waals surface area contributed by atoms with Gasteiger partial charge in [0.1, 0.15) is 16.6 Å². The molecule has 6 heteroatoms. The molecule has 0 atom stereocenters. The van der Waals surface area contributed by atoms with Crippen LogP contribution in [0.2, 0.25) is 0 Å². The summed E-state index contributed by atoms with van der Waals surface area (Å²) in [4.78, 5) is 3.90. The molecule has 2 aromatic rings. The van der Waals surface area contributed by atoms with E-state index < -0.39 is 11.6 Å². The van der Waals surface area contributed by atoms with Crippen LogP contribution in [-0.2, 0) is 0 Å². The van der Waals surface area contributed by atoms with Gasteiger partial charge in [-0.05, 0) is 18.6 Å². The van der Waals surface area contributed by atoms with E-state index in [0.29, 0.717) is 10.1 Å². The Labute approximate surface area is 94.9 Å². The second-order valence-corrected chi connectivity index (χ2v) is 4.34. The largest absolute Gasteiger partial charge is 0.389 e. The lowest BCUT2D eigenvalue weighted by Crippen LogP contribution is -1.95. The van der Waals surface area contributed by atoms with Crippen LogP contribution in [0, 0.1) is 18.6 Å². The Morgan fingerprint density at radius 2 is 2.06 bits per heavy atom. The summed E-state index contributed by atoms with van der Waals surface area (Å²) in [5.74, 6) is -0.985. The third-order valence-corrected chi connectivity index (χ3v) is 2.76. The molecule has 0 aliphatic carbocycles. The van der Waals surface area contributed by atoms with Crippen LogP contribution in [0.3, 0.4) is 0 Å². The van der Waals surface area contributed by atoms with Crippen molar-refractivity contribution in [3.8, 4) is 0 Å². The summed E-state index contributed by atoms with van der Waals surface area (Å²) in [6.07, 6.45) is 1.45. The molecular formula is C10H9F2N3S. The van der Waals surface area contributed by atoms with Crippen molar-refractivity contribution in [3.63, 3.8) is 0 Å². The molecule has 0 saturated carbocycles. The average molecular weight is 241 g/mol. The van der Waals surface area contributed by atoms with E-state index >= 15 is 0 Å². The first-order valence-corrected chi connectivity index (χ1v) is 5.32. The number of anilines is 3. The molecule has 0 radical (unpaired) electrons. The van der Waals surface area contributed by atoms with Gasteiger partial charge in [0.25, 0.3) is 0 Å². The first-order chi connectivity index (χ1) is 7.56. The number of aryl methyl sites for hydroxylation is 1. The molecule has 0 amide bonds. The monoisotopic (exact) mass is 241 g/mol. The lowest BCUT2D eigenvalue weighted by atomic mass is 10.2. The van der Waals surface area contributed by atoms with Gasteiger partial charge in [0.2, 0.25) is 0 Å². The maximum absolute atomic E-state index is 13.4. The molecule has 0 fully saturated rings. The smallest absolute Gasteiger partial charge is 0.189 e. The van der Waals surface area contributed by atoms with Crippen LogP contribution in [0.25, 0.3) is 0 Å². The highest BCUT2D eigenvalue weighted by Crippen LogP contribution is 2.26. The molecule has 2 rings (SSSR count). The normalized spacial score (nSPS) is 10.4. The number of benzene rings is 1. The summed E-state index contributed by atoms with van der Waals surface area (Å²) < 4.78 is 26.7. The van der Waals surface area contributed by atoms with Crippen LogP contribution < -0.4 is 11.1 Å². The standard InChI is InChI=1S/C10H9F2N3S/c1-5-2-7(12)8(3-6(5)11)15-10-14-4-9(13)16-10/h2-4H,13H2,1H3,(H,14,15). The Balaban J connectivity index is 2.31. The zero-order chi connectivity index (χ0) is 11.7. The number of nitrogen functional groups attached to an aromatic ring is 1. The van der Waals surface area contributed by atoms with E-state index in [9.17, 15) is 8.78 Å². The van der Waals surface area contributed by atoms with Gasteiger partial charge in [0.05, 0.1) is 11.9 Å². The van der Waals surface area contributed by atoms with E-state index in [2.05, 4.69) is 10.3 Å². The van der Waals surface area contributed by atoms with E-state index in [1.54, 1.807) is 0 Å². The molecule has 3 N–H and O–H groups in total.